The molecule has 0 saturated heterocycles. The van der Waals surface area contributed by atoms with Gasteiger partial charge in [-0.25, -0.2) is 14.4 Å². The number of rotatable bonds is 4. The Balaban J connectivity index is 1.96. The van der Waals surface area contributed by atoms with Crippen molar-refractivity contribution >= 4 is 23.4 Å². The van der Waals surface area contributed by atoms with Gasteiger partial charge in [-0.15, -0.1) is 10.2 Å². The summed E-state index contributed by atoms with van der Waals surface area (Å²) in [6.07, 6.45) is 2.97. The van der Waals surface area contributed by atoms with E-state index in [4.69, 9.17) is 0 Å². The molecule has 0 radical (unpaired) electrons. The molecule has 0 amide bonds. The zero-order valence-corrected chi connectivity index (χ0v) is 11.4. The third-order valence-electron chi connectivity index (χ3n) is 2.52. The molecule has 3 heterocycles. The van der Waals surface area contributed by atoms with Crippen molar-refractivity contribution in [2.24, 2.45) is 0 Å². The SMILES string of the molecule is CCNc1ncc(F)c(Sc2nnc3ccccn23)n1. The fourth-order valence-corrected chi connectivity index (χ4v) is 2.43. The lowest BCUT2D eigenvalue weighted by Gasteiger charge is -2.04. The maximum atomic E-state index is 13.8. The summed E-state index contributed by atoms with van der Waals surface area (Å²) in [5, 5.41) is 11.8. The maximum Gasteiger partial charge on any atom is 0.223 e. The second kappa shape index (κ2) is 5.41. The highest BCUT2D eigenvalue weighted by molar-refractivity contribution is 7.99. The number of anilines is 1. The normalized spacial score (nSPS) is 10.9. The van der Waals surface area contributed by atoms with Crippen molar-refractivity contribution in [3.8, 4) is 0 Å². The van der Waals surface area contributed by atoms with E-state index in [-0.39, 0.29) is 5.03 Å². The van der Waals surface area contributed by atoms with Gasteiger partial charge >= 0.3 is 0 Å². The van der Waals surface area contributed by atoms with Crippen LogP contribution in [0.3, 0.4) is 0 Å². The molecule has 3 aromatic heterocycles. The fraction of sp³-hybridized carbons (Fsp3) is 0.167. The Morgan fingerprint density at radius 1 is 1.35 bits per heavy atom. The van der Waals surface area contributed by atoms with Crippen LogP contribution in [-0.2, 0) is 0 Å². The summed E-state index contributed by atoms with van der Waals surface area (Å²) < 4.78 is 15.5. The molecule has 6 nitrogen and oxygen atoms in total. The molecule has 0 aromatic carbocycles. The van der Waals surface area contributed by atoms with Gasteiger partial charge in [0.1, 0.15) is 5.03 Å². The van der Waals surface area contributed by atoms with Gasteiger partial charge in [0.15, 0.2) is 11.5 Å². The number of pyridine rings is 1. The fourth-order valence-electron chi connectivity index (χ4n) is 1.64. The minimum Gasteiger partial charge on any atom is -0.354 e. The molecule has 102 valence electrons. The van der Waals surface area contributed by atoms with Crippen molar-refractivity contribution < 1.29 is 4.39 Å². The van der Waals surface area contributed by atoms with Gasteiger partial charge in [-0.3, -0.25) is 4.40 Å². The van der Waals surface area contributed by atoms with E-state index in [0.29, 0.717) is 23.3 Å². The lowest BCUT2D eigenvalue weighted by molar-refractivity contribution is 0.579. The summed E-state index contributed by atoms with van der Waals surface area (Å²) >= 11 is 1.11. The second-order valence-corrected chi connectivity index (χ2v) is 4.85. The van der Waals surface area contributed by atoms with Crippen molar-refractivity contribution in [2.75, 3.05) is 11.9 Å². The third-order valence-corrected chi connectivity index (χ3v) is 3.46. The van der Waals surface area contributed by atoms with E-state index in [2.05, 4.69) is 25.5 Å². The zero-order valence-electron chi connectivity index (χ0n) is 10.6. The topological polar surface area (TPSA) is 68.0 Å². The van der Waals surface area contributed by atoms with Crippen molar-refractivity contribution in [1.82, 2.24) is 24.6 Å². The van der Waals surface area contributed by atoms with E-state index in [0.717, 1.165) is 18.0 Å². The minimum absolute atomic E-state index is 0.217. The van der Waals surface area contributed by atoms with Crippen LogP contribution in [0.5, 0.6) is 0 Å². The molecule has 20 heavy (non-hydrogen) atoms. The van der Waals surface area contributed by atoms with E-state index in [1.54, 1.807) is 4.40 Å². The average molecular weight is 290 g/mol. The summed E-state index contributed by atoms with van der Waals surface area (Å²) in [5.74, 6) is -0.0884. The molecule has 0 saturated carbocycles. The molecule has 8 heteroatoms. The van der Waals surface area contributed by atoms with Crippen molar-refractivity contribution in [2.45, 2.75) is 17.1 Å². The molecule has 0 unspecified atom stereocenters. The standard InChI is InChI=1S/C12H11FN6S/c1-2-14-11-15-7-8(13)10(16-11)20-12-18-17-9-5-3-4-6-19(9)12/h3-7H,2H2,1H3,(H,14,15,16). The number of nitrogens with zero attached hydrogens (tertiary/aromatic N) is 5. The molecule has 0 aliphatic heterocycles. The molecule has 0 fully saturated rings. The monoisotopic (exact) mass is 290 g/mol. The Morgan fingerprint density at radius 2 is 2.25 bits per heavy atom. The summed E-state index contributed by atoms with van der Waals surface area (Å²) in [6, 6.07) is 5.56. The van der Waals surface area contributed by atoms with Gasteiger partial charge in [-0.05, 0) is 30.8 Å². The summed E-state index contributed by atoms with van der Waals surface area (Å²) in [7, 11) is 0. The number of nitrogens with one attached hydrogen (secondary N) is 1. The van der Waals surface area contributed by atoms with E-state index in [1.807, 2.05) is 31.3 Å². The number of aromatic nitrogens is 5. The predicted molar refractivity (Wildman–Crippen MR) is 73.3 cm³/mol. The Bertz CT molecular complexity index is 744. The molecule has 0 aliphatic rings. The largest absolute Gasteiger partial charge is 0.354 e. The summed E-state index contributed by atoms with van der Waals surface area (Å²) in [5.41, 5.74) is 0.705. The second-order valence-electron chi connectivity index (χ2n) is 3.89. The van der Waals surface area contributed by atoms with Gasteiger partial charge in [-0.2, -0.15) is 0 Å². The first-order valence-corrected chi connectivity index (χ1v) is 6.83. The molecule has 1 N–H and O–H groups in total. The van der Waals surface area contributed by atoms with Crippen molar-refractivity contribution in [1.29, 1.82) is 0 Å². The Kier molecular flexibility index (Phi) is 3.46. The van der Waals surface area contributed by atoms with Crippen LogP contribution in [-0.4, -0.2) is 31.1 Å². The van der Waals surface area contributed by atoms with Crippen LogP contribution in [0, 0.1) is 5.82 Å². The van der Waals surface area contributed by atoms with Crippen molar-refractivity contribution in [3.05, 3.63) is 36.4 Å². The van der Waals surface area contributed by atoms with E-state index in [9.17, 15) is 4.39 Å². The molecule has 0 aliphatic carbocycles. The van der Waals surface area contributed by atoms with E-state index < -0.39 is 5.82 Å². The summed E-state index contributed by atoms with van der Waals surface area (Å²) in [4.78, 5) is 8.00. The van der Waals surface area contributed by atoms with Gasteiger partial charge in [0.25, 0.3) is 0 Å². The highest BCUT2D eigenvalue weighted by Gasteiger charge is 2.13. The van der Waals surface area contributed by atoms with E-state index >= 15 is 0 Å². The smallest absolute Gasteiger partial charge is 0.223 e. The molecular weight excluding hydrogens is 279 g/mol. The minimum atomic E-state index is -0.482. The highest BCUT2D eigenvalue weighted by Crippen LogP contribution is 2.27. The Morgan fingerprint density at radius 3 is 3.10 bits per heavy atom. The van der Waals surface area contributed by atoms with Crippen LogP contribution in [0.4, 0.5) is 10.3 Å². The number of hydrogen-bond donors (Lipinski definition) is 1. The molecule has 0 atom stereocenters. The first kappa shape index (κ1) is 12.8. The Hall–Kier alpha value is -2.22. The first-order chi connectivity index (χ1) is 9.78. The van der Waals surface area contributed by atoms with Crippen LogP contribution < -0.4 is 5.32 Å². The van der Waals surface area contributed by atoms with Crippen LogP contribution in [0.25, 0.3) is 5.65 Å². The molecule has 3 rings (SSSR count). The molecular formula is C12H11FN6S. The highest BCUT2D eigenvalue weighted by atomic mass is 32.2. The molecule has 0 spiro atoms. The van der Waals surface area contributed by atoms with E-state index in [1.165, 1.54) is 0 Å². The zero-order chi connectivity index (χ0) is 13.9. The third kappa shape index (κ3) is 2.42. The van der Waals surface area contributed by atoms with Gasteiger partial charge in [0.2, 0.25) is 11.1 Å². The summed E-state index contributed by atoms with van der Waals surface area (Å²) in [6.45, 7) is 2.59. The van der Waals surface area contributed by atoms with Crippen LogP contribution in [0.1, 0.15) is 6.92 Å². The number of fused-ring (bicyclic) bond motifs is 1. The van der Waals surface area contributed by atoms with Crippen LogP contribution >= 0.6 is 11.8 Å². The van der Waals surface area contributed by atoms with Crippen LogP contribution in [0.2, 0.25) is 0 Å². The molecule has 0 bridgehead atoms. The number of halogens is 1. The quantitative estimate of drug-likeness (QED) is 0.743. The number of hydrogen-bond acceptors (Lipinski definition) is 6. The maximum absolute atomic E-state index is 13.8. The van der Waals surface area contributed by atoms with Crippen molar-refractivity contribution in [3.63, 3.8) is 0 Å². The lowest BCUT2D eigenvalue weighted by Crippen LogP contribution is -2.03. The van der Waals surface area contributed by atoms with Gasteiger partial charge in [0.05, 0.1) is 6.20 Å². The molecule has 3 aromatic rings. The predicted octanol–water partition coefficient (Wildman–Crippen LogP) is 2.24. The first-order valence-electron chi connectivity index (χ1n) is 6.02. The Labute approximate surface area is 118 Å². The lowest BCUT2D eigenvalue weighted by atomic mass is 10.5. The van der Waals surface area contributed by atoms with Gasteiger partial charge in [0, 0.05) is 12.7 Å². The van der Waals surface area contributed by atoms with Crippen LogP contribution in [0.15, 0.2) is 40.8 Å². The van der Waals surface area contributed by atoms with Gasteiger partial charge in [-0.1, -0.05) is 6.07 Å². The van der Waals surface area contributed by atoms with Gasteiger partial charge < -0.3 is 5.32 Å². The average Bonchev–Trinajstić information content (AvgIpc) is 2.86.